The van der Waals surface area contributed by atoms with Crippen LogP contribution in [0.25, 0.3) is 0 Å². The standard InChI is InChI=1S/C12H16N2/c1-8-6-11(8)12(13-3)10-4-5-14-9(2)7-10/h4-5,7-8,11H,6H2,1-3H3/b13-12+/t8-,11?/m0/s1. The summed E-state index contributed by atoms with van der Waals surface area (Å²) in [6, 6.07) is 4.17. The molecule has 0 aliphatic heterocycles. The van der Waals surface area contributed by atoms with E-state index in [4.69, 9.17) is 0 Å². The van der Waals surface area contributed by atoms with Gasteiger partial charge >= 0.3 is 0 Å². The number of hydrogen-bond acceptors (Lipinski definition) is 2. The number of aryl methyl sites for hydroxylation is 1. The van der Waals surface area contributed by atoms with Crippen LogP contribution >= 0.6 is 0 Å². The highest BCUT2D eigenvalue weighted by Gasteiger charge is 2.37. The van der Waals surface area contributed by atoms with Gasteiger partial charge in [-0.25, -0.2) is 0 Å². The maximum atomic E-state index is 4.40. The second-order valence-electron chi connectivity index (χ2n) is 4.11. The monoisotopic (exact) mass is 188 g/mol. The second kappa shape index (κ2) is 3.52. The van der Waals surface area contributed by atoms with Crippen LogP contribution < -0.4 is 0 Å². The normalized spacial score (nSPS) is 26.4. The molecule has 74 valence electrons. The molecule has 1 aromatic heterocycles. The minimum Gasteiger partial charge on any atom is -0.292 e. The van der Waals surface area contributed by atoms with Crippen molar-refractivity contribution < 1.29 is 0 Å². The smallest absolute Gasteiger partial charge is 0.0451 e. The van der Waals surface area contributed by atoms with E-state index in [2.05, 4.69) is 29.0 Å². The predicted molar refractivity (Wildman–Crippen MR) is 58.7 cm³/mol. The number of hydrogen-bond donors (Lipinski definition) is 0. The van der Waals surface area contributed by atoms with E-state index in [9.17, 15) is 0 Å². The first-order valence-corrected chi connectivity index (χ1v) is 5.12. The van der Waals surface area contributed by atoms with Crippen LogP contribution in [0.4, 0.5) is 0 Å². The first-order valence-electron chi connectivity index (χ1n) is 5.12. The number of aromatic nitrogens is 1. The van der Waals surface area contributed by atoms with Crippen molar-refractivity contribution >= 4 is 5.71 Å². The highest BCUT2D eigenvalue weighted by atomic mass is 14.7. The summed E-state index contributed by atoms with van der Waals surface area (Å²) in [5.74, 6) is 1.49. The minimum atomic E-state index is 0.682. The van der Waals surface area contributed by atoms with Gasteiger partial charge in [-0.2, -0.15) is 0 Å². The molecule has 0 bridgehead atoms. The highest BCUT2D eigenvalue weighted by molar-refractivity contribution is 6.03. The van der Waals surface area contributed by atoms with E-state index in [1.54, 1.807) is 0 Å². The van der Waals surface area contributed by atoms with Crippen molar-refractivity contribution in [3.05, 3.63) is 29.6 Å². The third-order valence-corrected chi connectivity index (χ3v) is 2.89. The third-order valence-electron chi connectivity index (χ3n) is 2.89. The fraction of sp³-hybridized carbons (Fsp3) is 0.500. The van der Waals surface area contributed by atoms with E-state index in [0.29, 0.717) is 5.92 Å². The highest BCUT2D eigenvalue weighted by Crippen LogP contribution is 2.40. The Morgan fingerprint density at radius 2 is 2.29 bits per heavy atom. The molecule has 14 heavy (non-hydrogen) atoms. The second-order valence-corrected chi connectivity index (χ2v) is 4.11. The zero-order chi connectivity index (χ0) is 10.1. The van der Waals surface area contributed by atoms with Crippen LogP contribution in [-0.4, -0.2) is 17.7 Å². The van der Waals surface area contributed by atoms with Crippen molar-refractivity contribution in [2.24, 2.45) is 16.8 Å². The average molecular weight is 188 g/mol. The SMILES string of the molecule is C/N=C(\c1ccnc(C)c1)C1C[C@@H]1C. The van der Waals surface area contributed by atoms with Crippen LogP contribution in [0.2, 0.25) is 0 Å². The Labute approximate surface area is 85.1 Å². The maximum absolute atomic E-state index is 4.40. The van der Waals surface area contributed by atoms with E-state index in [1.807, 2.05) is 20.2 Å². The Morgan fingerprint density at radius 1 is 1.57 bits per heavy atom. The molecular weight excluding hydrogens is 172 g/mol. The summed E-state index contributed by atoms with van der Waals surface area (Å²) in [7, 11) is 1.89. The van der Waals surface area contributed by atoms with Crippen molar-refractivity contribution in [3.8, 4) is 0 Å². The Balaban J connectivity index is 2.29. The summed E-state index contributed by atoms with van der Waals surface area (Å²) in [5.41, 5.74) is 3.56. The molecule has 2 atom stereocenters. The van der Waals surface area contributed by atoms with E-state index in [1.165, 1.54) is 17.7 Å². The summed E-state index contributed by atoms with van der Waals surface area (Å²) in [4.78, 5) is 8.60. The number of pyridine rings is 1. The summed E-state index contributed by atoms with van der Waals surface area (Å²) in [5, 5.41) is 0. The molecule has 0 N–H and O–H groups in total. The zero-order valence-electron chi connectivity index (χ0n) is 8.99. The van der Waals surface area contributed by atoms with Gasteiger partial charge in [0.2, 0.25) is 0 Å². The predicted octanol–water partition coefficient (Wildman–Crippen LogP) is 2.46. The lowest BCUT2D eigenvalue weighted by Gasteiger charge is -2.04. The maximum Gasteiger partial charge on any atom is 0.0451 e. The van der Waals surface area contributed by atoms with Crippen molar-refractivity contribution in [1.29, 1.82) is 0 Å². The Kier molecular flexibility index (Phi) is 2.36. The van der Waals surface area contributed by atoms with Gasteiger partial charge in [-0.15, -0.1) is 0 Å². The van der Waals surface area contributed by atoms with Crippen LogP contribution in [0.3, 0.4) is 0 Å². The average Bonchev–Trinajstić information content (AvgIpc) is 2.84. The largest absolute Gasteiger partial charge is 0.292 e. The summed E-state index contributed by atoms with van der Waals surface area (Å²) in [6.07, 6.45) is 3.15. The van der Waals surface area contributed by atoms with Gasteiger partial charge in [-0.05, 0) is 37.0 Å². The summed E-state index contributed by atoms with van der Waals surface area (Å²) in [6.45, 7) is 4.30. The lowest BCUT2D eigenvalue weighted by atomic mass is 10.1. The topological polar surface area (TPSA) is 25.2 Å². The fourth-order valence-corrected chi connectivity index (χ4v) is 1.92. The van der Waals surface area contributed by atoms with E-state index in [0.717, 1.165) is 11.6 Å². The summed E-state index contributed by atoms with van der Waals surface area (Å²) >= 11 is 0. The van der Waals surface area contributed by atoms with E-state index in [-0.39, 0.29) is 0 Å². The number of aliphatic imine (C=N–C) groups is 1. The van der Waals surface area contributed by atoms with Gasteiger partial charge in [0.1, 0.15) is 0 Å². The van der Waals surface area contributed by atoms with Gasteiger partial charge in [-0.3, -0.25) is 9.98 Å². The van der Waals surface area contributed by atoms with Gasteiger partial charge in [0.15, 0.2) is 0 Å². The molecule has 1 aliphatic carbocycles. The van der Waals surface area contributed by atoms with Crippen molar-refractivity contribution in [1.82, 2.24) is 4.98 Å². The first kappa shape index (κ1) is 9.38. The third kappa shape index (κ3) is 1.69. The van der Waals surface area contributed by atoms with Crippen molar-refractivity contribution in [2.75, 3.05) is 7.05 Å². The summed E-state index contributed by atoms with van der Waals surface area (Å²) < 4.78 is 0. The molecule has 1 heterocycles. The molecule has 1 aromatic rings. The Bertz CT molecular complexity index is 368. The van der Waals surface area contributed by atoms with Crippen molar-refractivity contribution in [2.45, 2.75) is 20.3 Å². The van der Waals surface area contributed by atoms with Crippen LogP contribution in [0.5, 0.6) is 0 Å². The van der Waals surface area contributed by atoms with Crippen LogP contribution in [0.15, 0.2) is 23.3 Å². The molecule has 1 unspecified atom stereocenters. The van der Waals surface area contributed by atoms with Gasteiger partial charge in [0, 0.05) is 30.6 Å². The van der Waals surface area contributed by atoms with Crippen LogP contribution in [0, 0.1) is 18.8 Å². The molecule has 0 amide bonds. The van der Waals surface area contributed by atoms with Gasteiger partial charge < -0.3 is 0 Å². The van der Waals surface area contributed by atoms with E-state index >= 15 is 0 Å². The lowest BCUT2D eigenvalue weighted by molar-refractivity contribution is 0.922. The van der Waals surface area contributed by atoms with Gasteiger partial charge in [-0.1, -0.05) is 6.92 Å². The molecule has 2 rings (SSSR count). The molecule has 2 heteroatoms. The van der Waals surface area contributed by atoms with E-state index < -0.39 is 0 Å². The minimum absolute atomic E-state index is 0.682. The van der Waals surface area contributed by atoms with Gasteiger partial charge in [0.25, 0.3) is 0 Å². The zero-order valence-corrected chi connectivity index (χ0v) is 8.99. The lowest BCUT2D eigenvalue weighted by Crippen LogP contribution is -2.05. The molecule has 0 spiro atoms. The molecular formula is C12H16N2. The molecule has 0 radical (unpaired) electrons. The number of nitrogens with zero attached hydrogens (tertiary/aromatic N) is 2. The Morgan fingerprint density at radius 3 is 2.79 bits per heavy atom. The van der Waals surface area contributed by atoms with Crippen LogP contribution in [-0.2, 0) is 0 Å². The van der Waals surface area contributed by atoms with Crippen molar-refractivity contribution in [3.63, 3.8) is 0 Å². The first-order chi connectivity index (χ1) is 6.72. The molecule has 0 saturated heterocycles. The quantitative estimate of drug-likeness (QED) is 0.654. The molecule has 1 saturated carbocycles. The molecule has 1 fully saturated rings. The molecule has 2 nitrogen and oxygen atoms in total. The molecule has 0 aromatic carbocycles. The van der Waals surface area contributed by atoms with Gasteiger partial charge in [0.05, 0.1) is 0 Å². The number of rotatable bonds is 2. The van der Waals surface area contributed by atoms with Crippen LogP contribution in [0.1, 0.15) is 24.6 Å². The molecule has 1 aliphatic rings. The fourth-order valence-electron chi connectivity index (χ4n) is 1.92. The Hall–Kier alpha value is -1.18.